The molecule has 1 unspecified atom stereocenters. The van der Waals surface area contributed by atoms with Crippen LogP contribution in [0.15, 0.2) is 67.2 Å². The quantitative estimate of drug-likeness (QED) is 0.255. The molecule has 0 bridgehead atoms. The Labute approximate surface area is 224 Å². The summed E-state index contributed by atoms with van der Waals surface area (Å²) >= 11 is 1.65. The number of fused-ring (bicyclic) bond motifs is 1. The van der Waals surface area contributed by atoms with Crippen LogP contribution in [-0.4, -0.2) is 46.4 Å². The fraction of sp³-hybridized carbons (Fsp3) is 0.357. The summed E-state index contributed by atoms with van der Waals surface area (Å²) < 4.78 is 12.6. The van der Waals surface area contributed by atoms with Gasteiger partial charge in [-0.05, 0) is 56.0 Å². The number of hydrogen-bond acceptors (Lipinski definition) is 8. The smallest absolute Gasteiger partial charge is 0.423 e. The van der Waals surface area contributed by atoms with E-state index in [2.05, 4.69) is 42.1 Å². The van der Waals surface area contributed by atoms with Gasteiger partial charge in [0.15, 0.2) is 5.58 Å². The predicted molar refractivity (Wildman–Crippen MR) is 147 cm³/mol. The van der Waals surface area contributed by atoms with Crippen LogP contribution in [-0.2, 0) is 9.57 Å². The number of rotatable bonds is 4. The number of aromatic nitrogens is 2. The van der Waals surface area contributed by atoms with E-state index in [4.69, 9.17) is 24.0 Å². The summed E-state index contributed by atoms with van der Waals surface area (Å²) in [6.07, 6.45) is 1.84. The molecule has 9 nitrogen and oxygen atoms in total. The molecule has 2 aromatic heterocycles. The van der Waals surface area contributed by atoms with Crippen LogP contribution >= 0.6 is 11.3 Å². The van der Waals surface area contributed by atoms with Gasteiger partial charge >= 0.3 is 5.76 Å². The maximum atomic E-state index is 12.4. The molecule has 38 heavy (non-hydrogen) atoms. The fourth-order valence-electron chi connectivity index (χ4n) is 5.02. The summed E-state index contributed by atoms with van der Waals surface area (Å²) in [5.41, 5.74) is 6.03. The number of thiazole rings is 1. The van der Waals surface area contributed by atoms with Crippen molar-refractivity contribution in [1.82, 2.24) is 14.5 Å². The predicted octanol–water partition coefficient (Wildman–Crippen LogP) is 5.50. The largest absolute Gasteiger partial charge is 0.468 e. The number of ether oxygens (including phenoxy) is 1. The first kappa shape index (κ1) is 24.4. The minimum absolute atomic E-state index is 0.364. The molecular weight excluding hydrogens is 502 g/mol. The van der Waals surface area contributed by atoms with E-state index in [1.165, 1.54) is 10.1 Å². The zero-order valence-corrected chi connectivity index (χ0v) is 22.4. The van der Waals surface area contributed by atoms with Crippen molar-refractivity contribution < 1.29 is 14.0 Å². The molecule has 4 heterocycles. The van der Waals surface area contributed by atoms with Crippen LogP contribution in [0.4, 0.5) is 5.69 Å². The number of likely N-dealkylation sites (tertiary alicyclic amines) is 1. The first-order valence-electron chi connectivity index (χ1n) is 12.7. The van der Waals surface area contributed by atoms with Crippen LogP contribution in [0.5, 0.6) is 0 Å². The highest BCUT2D eigenvalue weighted by atomic mass is 32.1. The fourth-order valence-corrected chi connectivity index (χ4v) is 6.03. The second-order valence-corrected chi connectivity index (χ2v) is 10.6. The van der Waals surface area contributed by atoms with E-state index in [1.807, 2.05) is 23.6 Å². The second-order valence-electron chi connectivity index (χ2n) is 9.73. The number of oxime groups is 1. The lowest BCUT2D eigenvalue weighted by Gasteiger charge is -2.32. The van der Waals surface area contributed by atoms with Gasteiger partial charge in [0.25, 0.3) is 6.02 Å². The summed E-state index contributed by atoms with van der Waals surface area (Å²) in [5, 5.41) is 7.40. The lowest BCUT2D eigenvalue weighted by molar-refractivity contribution is 0.0304. The highest BCUT2D eigenvalue weighted by Crippen LogP contribution is 2.33. The van der Waals surface area contributed by atoms with Gasteiger partial charge in [0.05, 0.1) is 35.4 Å². The standard InChI is InChI=1S/C28H29N5O4S/c1-17-8-9-18(2)20(14-17)30-27(35-3)32-12-10-19(11-13-32)26-29-22(16-38-26)21-15-25(37-31-21)33-23-6-4-5-7-24(23)36-28(33)34/h4-9,14,16,19,25H,10-13,15H2,1-3H3. The Morgan fingerprint density at radius 1 is 1.16 bits per heavy atom. The van der Waals surface area contributed by atoms with Crippen molar-refractivity contribution in [2.45, 2.75) is 45.3 Å². The summed E-state index contributed by atoms with van der Waals surface area (Å²) in [4.78, 5) is 30.0. The topological polar surface area (TPSA) is 94.5 Å². The van der Waals surface area contributed by atoms with Crippen molar-refractivity contribution in [1.29, 1.82) is 0 Å². The first-order chi connectivity index (χ1) is 18.5. The number of para-hydroxylation sites is 2. The van der Waals surface area contributed by atoms with Gasteiger partial charge in [-0.1, -0.05) is 29.4 Å². The van der Waals surface area contributed by atoms with Gasteiger partial charge in [-0.3, -0.25) is 0 Å². The highest BCUT2D eigenvalue weighted by molar-refractivity contribution is 7.10. The number of amidine groups is 1. The third-order valence-corrected chi connectivity index (χ3v) is 8.16. The van der Waals surface area contributed by atoms with Crippen molar-refractivity contribution in [3.8, 4) is 0 Å². The van der Waals surface area contributed by atoms with Crippen molar-refractivity contribution in [2.24, 2.45) is 10.1 Å². The molecule has 2 aromatic carbocycles. The van der Waals surface area contributed by atoms with Gasteiger partial charge in [0.2, 0.25) is 6.23 Å². The van der Waals surface area contributed by atoms with Crippen molar-refractivity contribution in [3.05, 3.63) is 80.2 Å². The van der Waals surface area contributed by atoms with Crippen molar-refractivity contribution >= 4 is 39.9 Å². The van der Waals surface area contributed by atoms with E-state index in [1.54, 1.807) is 24.5 Å². The molecule has 2 aliphatic heterocycles. The third-order valence-electron chi connectivity index (χ3n) is 7.15. The van der Waals surface area contributed by atoms with E-state index in [0.717, 1.165) is 53.6 Å². The number of piperidine rings is 1. The number of nitrogens with zero attached hydrogens (tertiary/aromatic N) is 5. The lowest BCUT2D eigenvalue weighted by Crippen LogP contribution is -2.38. The second kappa shape index (κ2) is 10.1. The minimum Gasteiger partial charge on any atom is -0.468 e. The van der Waals surface area contributed by atoms with E-state index < -0.39 is 12.0 Å². The zero-order valence-electron chi connectivity index (χ0n) is 21.6. The van der Waals surface area contributed by atoms with Crippen molar-refractivity contribution in [3.63, 3.8) is 0 Å². The van der Waals surface area contributed by atoms with Crippen LogP contribution in [0.3, 0.4) is 0 Å². The van der Waals surface area contributed by atoms with E-state index in [0.29, 0.717) is 29.5 Å². The molecule has 0 spiro atoms. The van der Waals surface area contributed by atoms with Crippen LogP contribution in [0, 0.1) is 13.8 Å². The van der Waals surface area contributed by atoms with Gasteiger partial charge in [0, 0.05) is 24.4 Å². The molecule has 1 saturated heterocycles. The van der Waals surface area contributed by atoms with E-state index >= 15 is 0 Å². The Kier molecular flexibility index (Phi) is 6.49. The number of methoxy groups -OCH3 is 1. The summed E-state index contributed by atoms with van der Waals surface area (Å²) in [6.45, 7) is 5.83. The Morgan fingerprint density at radius 2 is 1.97 bits per heavy atom. The van der Waals surface area contributed by atoms with Crippen molar-refractivity contribution in [2.75, 3.05) is 20.2 Å². The van der Waals surface area contributed by atoms with Gasteiger partial charge in [-0.15, -0.1) is 11.3 Å². The molecule has 0 N–H and O–H groups in total. The Hall–Kier alpha value is -3.92. The molecule has 4 aromatic rings. The number of benzene rings is 2. The highest BCUT2D eigenvalue weighted by Gasteiger charge is 2.30. The molecule has 1 fully saturated rings. The molecule has 0 saturated carbocycles. The van der Waals surface area contributed by atoms with E-state index in [9.17, 15) is 4.79 Å². The normalized spacial score (nSPS) is 18.6. The number of aliphatic imine (C=N–C) groups is 1. The summed E-state index contributed by atoms with van der Waals surface area (Å²) in [5.74, 6) is -0.0853. The Bertz CT molecular complexity index is 1590. The van der Waals surface area contributed by atoms with Crippen LogP contribution < -0.4 is 5.76 Å². The van der Waals surface area contributed by atoms with E-state index in [-0.39, 0.29) is 0 Å². The summed E-state index contributed by atoms with van der Waals surface area (Å²) in [6, 6.07) is 14.2. The molecule has 10 heteroatoms. The summed E-state index contributed by atoms with van der Waals surface area (Å²) in [7, 11) is 1.68. The number of oxazole rings is 1. The SMILES string of the molecule is COC(=Nc1cc(C)ccc1C)N1CCC(c2nc(C3=NOC(n4c(=O)oc5ccccc54)C3)cs2)CC1. The number of aryl methyl sites for hydroxylation is 2. The number of hydrogen-bond donors (Lipinski definition) is 0. The first-order valence-corrected chi connectivity index (χ1v) is 13.6. The zero-order chi connectivity index (χ0) is 26.2. The van der Waals surface area contributed by atoms with Gasteiger partial charge in [-0.2, -0.15) is 4.99 Å². The minimum atomic E-state index is -0.543. The van der Waals surface area contributed by atoms with Gasteiger partial charge in [0.1, 0.15) is 5.71 Å². The molecule has 196 valence electrons. The molecule has 0 amide bonds. The molecule has 0 radical (unpaired) electrons. The van der Waals surface area contributed by atoms with Crippen LogP contribution in [0.25, 0.3) is 11.1 Å². The monoisotopic (exact) mass is 531 g/mol. The maximum Gasteiger partial charge on any atom is 0.423 e. The molecule has 0 aliphatic carbocycles. The van der Waals surface area contributed by atoms with Crippen LogP contribution in [0.1, 0.15) is 53.2 Å². The molecular formula is C28H29N5O4S. The average molecular weight is 532 g/mol. The Balaban J connectivity index is 1.11. The molecule has 2 aliphatic rings. The Morgan fingerprint density at radius 3 is 2.79 bits per heavy atom. The lowest BCUT2D eigenvalue weighted by atomic mass is 9.98. The van der Waals surface area contributed by atoms with Gasteiger partial charge in [-0.25, -0.2) is 14.3 Å². The van der Waals surface area contributed by atoms with Gasteiger partial charge < -0.3 is 18.9 Å². The molecule has 1 atom stereocenters. The third kappa shape index (κ3) is 4.60. The maximum absolute atomic E-state index is 12.4. The average Bonchev–Trinajstić information content (AvgIpc) is 3.67. The molecule has 6 rings (SSSR count). The van der Waals surface area contributed by atoms with Crippen LogP contribution in [0.2, 0.25) is 0 Å².